The molecule has 1 heterocycles. The fourth-order valence-corrected chi connectivity index (χ4v) is 2.06. The molecule has 1 N–H and O–H groups in total. The molecule has 1 rings (SSSR count). The lowest BCUT2D eigenvalue weighted by molar-refractivity contribution is -0.147. The molecule has 0 aliphatic carbocycles. The zero-order valence-corrected chi connectivity index (χ0v) is 10.7. The molecule has 16 heavy (non-hydrogen) atoms. The van der Waals surface area contributed by atoms with Crippen molar-refractivity contribution in [1.29, 1.82) is 0 Å². The van der Waals surface area contributed by atoms with Crippen molar-refractivity contribution in [2.75, 3.05) is 19.7 Å². The van der Waals surface area contributed by atoms with E-state index in [0.717, 1.165) is 13.0 Å². The molecule has 0 saturated carbocycles. The van der Waals surface area contributed by atoms with Crippen LogP contribution in [0.1, 0.15) is 18.7 Å². The van der Waals surface area contributed by atoms with Crippen molar-refractivity contribution in [3.8, 4) is 0 Å². The highest BCUT2D eigenvalue weighted by Gasteiger charge is 2.12. The molecule has 90 valence electrons. The lowest BCUT2D eigenvalue weighted by Gasteiger charge is -2.10. The predicted molar refractivity (Wildman–Crippen MR) is 66.7 cm³/mol. The van der Waals surface area contributed by atoms with E-state index in [1.165, 1.54) is 4.88 Å². The van der Waals surface area contributed by atoms with E-state index in [2.05, 4.69) is 22.8 Å². The van der Waals surface area contributed by atoms with Crippen LogP contribution < -0.4 is 5.32 Å². The fraction of sp³-hybridized carbons (Fsp3) is 0.583. The van der Waals surface area contributed by atoms with Crippen LogP contribution in [0.15, 0.2) is 17.5 Å². The van der Waals surface area contributed by atoms with Crippen LogP contribution in [0.4, 0.5) is 0 Å². The normalized spacial score (nSPS) is 12.4. The summed E-state index contributed by atoms with van der Waals surface area (Å²) >= 11 is 1.76. The molecule has 3 nitrogen and oxygen atoms in total. The Hall–Kier alpha value is -0.870. The van der Waals surface area contributed by atoms with Gasteiger partial charge in [-0.15, -0.1) is 11.3 Å². The van der Waals surface area contributed by atoms with Gasteiger partial charge >= 0.3 is 5.97 Å². The van der Waals surface area contributed by atoms with E-state index in [0.29, 0.717) is 13.2 Å². The topological polar surface area (TPSA) is 38.3 Å². The Bertz CT molecular complexity index is 298. The Labute approximate surface area is 101 Å². The molecule has 1 aromatic heterocycles. The van der Waals surface area contributed by atoms with Crippen molar-refractivity contribution >= 4 is 17.3 Å². The van der Waals surface area contributed by atoms with Gasteiger partial charge in [-0.1, -0.05) is 13.0 Å². The first kappa shape index (κ1) is 13.2. The molecule has 1 atom stereocenters. The standard InChI is InChI=1S/C12H19NO2S/c1-3-15-12(14)10(2)9-13-7-6-11-5-4-8-16-11/h4-5,8,10,13H,3,6-7,9H2,1-2H3. The molecule has 1 unspecified atom stereocenters. The summed E-state index contributed by atoms with van der Waals surface area (Å²) in [6.07, 6.45) is 1.02. The van der Waals surface area contributed by atoms with E-state index in [1.807, 2.05) is 13.8 Å². The summed E-state index contributed by atoms with van der Waals surface area (Å²) in [5.74, 6) is -0.186. The van der Waals surface area contributed by atoms with Crippen molar-refractivity contribution in [2.24, 2.45) is 5.92 Å². The number of thiophene rings is 1. The van der Waals surface area contributed by atoms with E-state index in [9.17, 15) is 4.79 Å². The Kier molecular flexibility index (Phi) is 6.11. The summed E-state index contributed by atoms with van der Waals surface area (Å²) < 4.78 is 4.93. The van der Waals surface area contributed by atoms with Crippen LogP contribution in [0.2, 0.25) is 0 Å². The van der Waals surface area contributed by atoms with Crippen LogP contribution in [-0.2, 0) is 16.0 Å². The first-order chi connectivity index (χ1) is 7.74. The molecule has 0 spiro atoms. The van der Waals surface area contributed by atoms with Crippen LogP contribution in [0.5, 0.6) is 0 Å². The molecule has 0 amide bonds. The Balaban J connectivity index is 2.08. The second-order valence-corrected chi connectivity index (χ2v) is 4.72. The average molecular weight is 241 g/mol. The van der Waals surface area contributed by atoms with Crippen molar-refractivity contribution in [3.05, 3.63) is 22.4 Å². The smallest absolute Gasteiger partial charge is 0.309 e. The highest BCUT2D eigenvalue weighted by molar-refractivity contribution is 7.09. The maximum absolute atomic E-state index is 11.3. The van der Waals surface area contributed by atoms with Gasteiger partial charge in [0.1, 0.15) is 0 Å². The number of hydrogen-bond donors (Lipinski definition) is 1. The third-order valence-electron chi connectivity index (χ3n) is 2.27. The first-order valence-electron chi connectivity index (χ1n) is 5.63. The van der Waals surface area contributed by atoms with Crippen LogP contribution in [-0.4, -0.2) is 25.7 Å². The first-order valence-corrected chi connectivity index (χ1v) is 6.51. The number of ether oxygens (including phenoxy) is 1. The van der Waals surface area contributed by atoms with Gasteiger partial charge in [-0.05, 0) is 31.3 Å². The van der Waals surface area contributed by atoms with Gasteiger partial charge in [-0.25, -0.2) is 0 Å². The lowest BCUT2D eigenvalue weighted by atomic mass is 10.2. The third kappa shape index (κ3) is 4.77. The van der Waals surface area contributed by atoms with Crippen LogP contribution in [0.3, 0.4) is 0 Å². The molecule has 0 fully saturated rings. The summed E-state index contributed by atoms with van der Waals surface area (Å²) in [4.78, 5) is 12.7. The average Bonchev–Trinajstić information content (AvgIpc) is 2.77. The van der Waals surface area contributed by atoms with Crippen molar-refractivity contribution in [3.63, 3.8) is 0 Å². The molecular formula is C12H19NO2S. The van der Waals surface area contributed by atoms with Gasteiger partial charge in [0, 0.05) is 11.4 Å². The minimum absolute atomic E-state index is 0.0664. The van der Waals surface area contributed by atoms with Gasteiger partial charge in [0.05, 0.1) is 12.5 Å². The molecule has 0 bridgehead atoms. The third-order valence-corrected chi connectivity index (χ3v) is 3.20. The quantitative estimate of drug-likeness (QED) is 0.587. The van der Waals surface area contributed by atoms with E-state index < -0.39 is 0 Å². The molecule has 0 aromatic carbocycles. The van der Waals surface area contributed by atoms with Crippen LogP contribution in [0, 0.1) is 5.92 Å². The minimum atomic E-state index is -0.119. The summed E-state index contributed by atoms with van der Waals surface area (Å²) in [6, 6.07) is 4.18. The van der Waals surface area contributed by atoms with Gasteiger partial charge in [0.15, 0.2) is 0 Å². The molecule has 0 saturated heterocycles. The van der Waals surface area contributed by atoms with Crippen LogP contribution >= 0.6 is 11.3 Å². The molecular weight excluding hydrogens is 222 g/mol. The predicted octanol–water partition coefficient (Wildman–Crippen LogP) is 2.08. The van der Waals surface area contributed by atoms with Crippen molar-refractivity contribution < 1.29 is 9.53 Å². The zero-order chi connectivity index (χ0) is 11.8. The molecule has 1 aromatic rings. The lowest BCUT2D eigenvalue weighted by Crippen LogP contribution is -2.29. The Morgan fingerprint density at radius 3 is 3.06 bits per heavy atom. The summed E-state index contributed by atoms with van der Waals surface area (Å²) in [5, 5.41) is 5.35. The summed E-state index contributed by atoms with van der Waals surface area (Å²) in [6.45, 7) is 5.76. The van der Waals surface area contributed by atoms with Crippen molar-refractivity contribution in [2.45, 2.75) is 20.3 Å². The number of carbonyl (C=O) groups excluding carboxylic acids is 1. The van der Waals surface area contributed by atoms with Crippen molar-refractivity contribution in [1.82, 2.24) is 5.32 Å². The number of esters is 1. The van der Waals surface area contributed by atoms with E-state index in [-0.39, 0.29) is 11.9 Å². The van der Waals surface area contributed by atoms with E-state index in [1.54, 1.807) is 11.3 Å². The fourth-order valence-electron chi connectivity index (χ4n) is 1.35. The molecule has 4 heteroatoms. The molecule has 0 radical (unpaired) electrons. The molecule has 0 aliphatic rings. The highest BCUT2D eigenvalue weighted by Crippen LogP contribution is 2.08. The van der Waals surface area contributed by atoms with Crippen LogP contribution in [0.25, 0.3) is 0 Å². The van der Waals surface area contributed by atoms with Gasteiger partial charge in [-0.3, -0.25) is 4.79 Å². The highest BCUT2D eigenvalue weighted by atomic mass is 32.1. The van der Waals surface area contributed by atoms with Gasteiger partial charge < -0.3 is 10.1 Å². The number of rotatable bonds is 7. The van der Waals surface area contributed by atoms with E-state index in [4.69, 9.17) is 4.74 Å². The zero-order valence-electron chi connectivity index (χ0n) is 9.86. The van der Waals surface area contributed by atoms with Gasteiger partial charge in [-0.2, -0.15) is 0 Å². The van der Waals surface area contributed by atoms with E-state index >= 15 is 0 Å². The largest absolute Gasteiger partial charge is 0.466 e. The second-order valence-electron chi connectivity index (χ2n) is 3.69. The maximum atomic E-state index is 11.3. The van der Waals surface area contributed by atoms with Gasteiger partial charge in [0.2, 0.25) is 0 Å². The SMILES string of the molecule is CCOC(=O)C(C)CNCCc1cccs1. The summed E-state index contributed by atoms with van der Waals surface area (Å²) in [5.41, 5.74) is 0. The number of nitrogens with one attached hydrogen (secondary N) is 1. The maximum Gasteiger partial charge on any atom is 0.309 e. The Morgan fingerprint density at radius 2 is 2.44 bits per heavy atom. The monoisotopic (exact) mass is 241 g/mol. The second kappa shape index (κ2) is 7.41. The van der Waals surface area contributed by atoms with Gasteiger partial charge in [0.25, 0.3) is 0 Å². The number of hydrogen-bond acceptors (Lipinski definition) is 4. The minimum Gasteiger partial charge on any atom is -0.466 e. The summed E-state index contributed by atoms with van der Waals surface area (Å²) in [7, 11) is 0. The number of carbonyl (C=O) groups is 1. The molecule has 0 aliphatic heterocycles. The Morgan fingerprint density at radius 1 is 1.62 bits per heavy atom.